The van der Waals surface area contributed by atoms with E-state index in [1.165, 1.54) is 6.20 Å². The maximum absolute atomic E-state index is 12.3. The molecule has 1 unspecified atom stereocenters. The molecule has 1 aliphatic heterocycles. The van der Waals surface area contributed by atoms with Gasteiger partial charge in [-0.15, -0.1) is 0 Å². The molecule has 3 amide bonds. The van der Waals surface area contributed by atoms with Crippen LogP contribution < -0.4 is 10.6 Å². The Kier molecular flexibility index (Phi) is 6.31. The average molecular weight is 351 g/mol. The smallest absolute Gasteiger partial charge is 0.243 e. The van der Waals surface area contributed by atoms with E-state index in [2.05, 4.69) is 22.2 Å². The predicted molar refractivity (Wildman–Crippen MR) is 90.4 cm³/mol. The zero-order valence-corrected chi connectivity index (χ0v) is 13.9. The fourth-order valence-electron chi connectivity index (χ4n) is 2.44. The van der Waals surface area contributed by atoms with Gasteiger partial charge in [0.15, 0.2) is 0 Å². The minimum Gasteiger partial charge on any atom is -0.343 e. The summed E-state index contributed by atoms with van der Waals surface area (Å²) >= 11 is 5.76. The second-order valence-corrected chi connectivity index (χ2v) is 5.89. The standard InChI is InChI=1S/C16H19ClN4O3/c1-2-14(22)19-9-15(23)21-7-3-4-11(10-21)16(24)20-13-6-5-12(17)8-18-13/h2,5-6,8,11H,1,3-4,7,9-10H2,(H,19,22)(H,18,20,24). The molecule has 0 bridgehead atoms. The number of piperidine rings is 1. The molecule has 2 heterocycles. The van der Waals surface area contributed by atoms with E-state index < -0.39 is 5.91 Å². The number of hydrogen-bond donors (Lipinski definition) is 2. The lowest BCUT2D eigenvalue weighted by Gasteiger charge is -2.32. The van der Waals surface area contributed by atoms with Crippen molar-refractivity contribution in [3.05, 3.63) is 36.0 Å². The Labute approximate surface area is 145 Å². The van der Waals surface area contributed by atoms with E-state index in [0.717, 1.165) is 12.5 Å². The van der Waals surface area contributed by atoms with Crippen LogP contribution in [0.2, 0.25) is 5.02 Å². The third-order valence-corrected chi connectivity index (χ3v) is 3.95. The van der Waals surface area contributed by atoms with Crippen LogP contribution in [0.15, 0.2) is 31.0 Å². The molecule has 1 aliphatic rings. The first-order valence-electron chi connectivity index (χ1n) is 7.60. The molecule has 128 valence electrons. The van der Waals surface area contributed by atoms with Gasteiger partial charge in [-0.05, 0) is 31.1 Å². The minimum atomic E-state index is -0.400. The van der Waals surface area contributed by atoms with Crippen LogP contribution in [0.4, 0.5) is 5.82 Å². The number of rotatable bonds is 5. The molecule has 0 aromatic carbocycles. The summed E-state index contributed by atoms with van der Waals surface area (Å²) in [6.07, 6.45) is 3.99. The van der Waals surface area contributed by atoms with Gasteiger partial charge < -0.3 is 15.5 Å². The Morgan fingerprint density at radius 3 is 2.88 bits per heavy atom. The Balaban J connectivity index is 1.88. The first kappa shape index (κ1) is 17.9. The second-order valence-electron chi connectivity index (χ2n) is 5.45. The number of nitrogens with one attached hydrogen (secondary N) is 2. The number of likely N-dealkylation sites (tertiary alicyclic amines) is 1. The molecular weight excluding hydrogens is 332 g/mol. The molecule has 1 atom stereocenters. The normalized spacial score (nSPS) is 17.0. The lowest BCUT2D eigenvalue weighted by Crippen LogP contribution is -2.47. The van der Waals surface area contributed by atoms with Gasteiger partial charge in [0.1, 0.15) is 5.82 Å². The van der Waals surface area contributed by atoms with Gasteiger partial charge in [0, 0.05) is 19.3 Å². The van der Waals surface area contributed by atoms with Crippen LogP contribution in [0.3, 0.4) is 0 Å². The Hall–Kier alpha value is -2.41. The number of aromatic nitrogens is 1. The van der Waals surface area contributed by atoms with Crippen molar-refractivity contribution in [1.82, 2.24) is 15.2 Å². The fourth-order valence-corrected chi connectivity index (χ4v) is 2.55. The van der Waals surface area contributed by atoms with E-state index in [1.54, 1.807) is 17.0 Å². The van der Waals surface area contributed by atoms with E-state index in [0.29, 0.717) is 30.4 Å². The van der Waals surface area contributed by atoms with Crippen molar-refractivity contribution in [3.8, 4) is 0 Å². The molecule has 8 heteroatoms. The molecular formula is C16H19ClN4O3. The number of amides is 3. The highest BCUT2D eigenvalue weighted by Gasteiger charge is 2.28. The number of halogens is 1. The lowest BCUT2D eigenvalue weighted by atomic mass is 9.97. The summed E-state index contributed by atoms with van der Waals surface area (Å²) in [5.74, 6) is -0.686. The quantitative estimate of drug-likeness (QED) is 0.781. The van der Waals surface area contributed by atoms with Crippen LogP contribution in [-0.4, -0.2) is 47.2 Å². The van der Waals surface area contributed by atoms with Gasteiger partial charge in [0.25, 0.3) is 0 Å². The van der Waals surface area contributed by atoms with Crippen LogP contribution in [0.5, 0.6) is 0 Å². The Bertz CT molecular complexity index is 633. The SMILES string of the molecule is C=CC(=O)NCC(=O)N1CCCC(C(=O)Nc2ccc(Cl)cn2)C1. The largest absolute Gasteiger partial charge is 0.343 e. The zero-order valence-electron chi connectivity index (χ0n) is 13.1. The highest BCUT2D eigenvalue weighted by atomic mass is 35.5. The molecule has 1 aromatic rings. The molecule has 0 saturated carbocycles. The van der Waals surface area contributed by atoms with Crippen molar-refractivity contribution in [1.29, 1.82) is 0 Å². The van der Waals surface area contributed by atoms with Crippen molar-refractivity contribution in [2.45, 2.75) is 12.8 Å². The predicted octanol–water partition coefficient (Wildman–Crippen LogP) is 1.21. The molecule has 7 nitrogen and oxygen atoms in total. The third-order valence-electron chi connectivity index (χ3n) is 3.72. The molecule has 2 rings (SSSR count). The topological polar surface area (TPSA) is 91.4 Å². The number of pyridine rings is 1. The molecule has 1 fully saturated rings. The number of nitrogens with zero attached hydrogens (tertiary/aromatic N) is 2. The number of carbonyl (C=O) groups is 3. The van der Waals surface area contributed by atoms with Crippen LogP contribution in [0.25, 0.3) is 0 Å². The van der Waals surface area contributed by atoms with Gasteiger partial charge in [-0.1, -0.05) is 18.2 Å². The van der Waals surface area contributed by atoms with Gasteiger partial charge in [0.2, 0.25) is 17.7 Å². The molecule has 1 aromatic heterocycles. The average Bonchev–Trinajstić information content (AvgIpc) is 2.61. The summed E-state index contributed by atoms with van der Waals surface area (Å²) < 4.78 is 0. The summed E-state index contributed by atoms with van der Waals surface area (Å²) in [6.45, 7) is 4.13. The van der Waals surface area contributed by atoms with E-state index in [4.69, 9.17) is 11.6 Å². The van der Waals surface area contributed by atoms with Gasteiger partial charge in [-0.2, -0.15) is 0 Å². The Morgan fingerprint density at radius 2 is 2.21 bits per heavy atom. The molecule has 2 N–H and O–H groups in total. The van der Waals surface area contributed by atoms with Crippen LogP contribution >= 0.6 is 11.6 Å². The van der Waals surface area contributed by atoms with E-state index in [1.807, 2.05) is 0 Å². The van der Waals surface area contributed by atoms with Crippen molar-refractivity contribution < 1.29 is 14.4 Å². The van der Waals surface area contributed by atoms with Gasteiger partial charge in [-0.3, -0.25) is 14.4 Å². The van der Waals surface area contributed by atoms with Gasteiger partial charge in [0.05, 0.1) is 17.5 Å². The summed E-state index contributed by atoms with van der Waals surface area (Å²) in [5, 5.41) is 5.67. The fraction of sp³-hybridized carbons (Fsp3) is 0.375. The first-order valence-corrected chi connectivity index (χ1v) is 7.98. The summed E-state index contributed by atoms with van der Waals surface area (Å²) in [4.78, 5) is 41.2. The molecule has 24 heavy (non-hydrogen) atoms. The van der Waals surface area contributed by atoms with Crippen molar-refractivity contribution >= 4 is 35.1 Å². The number of anilines is 1. The molecule has 1 saturated heterocycles. The maximum atomic E-state index is 12.3. The minimum absolute atomic E-state index is 0.0993. The van der Waals surface area contributed by atoms with Crippen LogP contribution in [0, 0.1) is 5.92 Å². The van der Waals surface area contributed by atoms with E-state index in [-0.39, 0.29) is 24.3 Å². The number of hydrogen-bond acceptors (Lipinski definition) is 4. The molecule has 0 spiro atoms. The zero-order chi connectivity index (χ0) is 17.5. The summed E-state index contributed by atoms with van der Waals surface area (Å²) in [5.41, 5.74) is 0. The van der Waals surface area contributed by atoms with E-state index >= 15 is 0 Å². The Morgan fingerprint density at radius 1 is 1.42 bits per heavy atom. The summed E-state index contributed by atoms with van der Waals surface area (Å²) in [6, 6.07) is 3.26. The highest BCUT2D eigenvalue weighted by Crippen LogP contribution is 2.19. The molecule has 0 aliphatic carbocycles. The highest BCUT2D eigenvalue weighted by molar-refractivity contribution is 6.30. The van der Waals surface area contributed by atoms with Crippen LogP contribution in [-0.2, 0) is 14.4 Å². The van der Waals surface area contributed by atoms with E-state index in [9.17, 15) is 14.4 Å². The van der Waals surface area contributed by atoms with Gasteiger partial charge in [-0.25, -0.2) is 4.98 Å². The first-order chi connectivity index (χ1) is 11.5. The number of carbonyl (C=O) groups excluding carboxylic acids is 3. The monoisotopic (exact) mass is 350 g/mol. The van der Waals surface area contributed by atoms with Crippen LogP contribution in [0.1, 0.15) is 12.8 Å². The lowest BCUT2D eigenvalue weighted by molar-refractivity contribution is -0.135. The van der Waals surface area contributed by atoms with Crippen molar-refractivity contribution in [2.24, 2.45) is 5.92 Å². The van der Waals surface area contributed by atoms with Gasteiger partial charge >= 0.3 is 0 Å². The third kappa shape index (κ3) is 5.06. The second kappa shape index (κ2) is 8.44. The van der Waals surface area contributed by atoms with Crippen molar-refractivity contribution in [2.75, 3.05) is 25.0 Å². The van der Waals surface area contributed by atoms with Crippen molar-refractivity contribution in [3.63, 3.8) is 0 Å². The molecule has 0 radical (unpaired) electrons. The maximum Gasteiger partial charge on any atom is 0.243 e. The summed E-state index contributed by atoms with van der Waals surface area (Å²) in [7, 11) is 0.